The molecule has 22 heavy (non-hydrogen) atoms. The first-order valence-corrected chi connectivity index (χ1v) is 7.73. The van der Waals surface area contributed by atoms with Gasteiger partial charge in [-0.05, 0) is 37.5 Å². The standard InChI is InChI=1S/C18H18N4/c1-13-8-18(22-6-2-3-7-22)16-5-4-14(9-17(16)21-13)15-10-19-12-20-11-15/h4-5,8-12H,2-3,6-7H2,1H3. The van der Waals surface area contributed by atoms with E-state index in [2.05, 4.69) is 46.1 Å². The summed E-state index contributed by atoms with van der Waals surface area (Å²) < 4.78 is 0. The summed E-state index contributed by atoms with van der Waals surface area (Å²) >= 11 is 0. The van der Waals surface area contributed by atoms with Crippen molar-refractivity contribution in [3.8, 4) is 11.1 Å². The Morgan fingerprint density at radius 1 is 0.955 bits per heavy atom. The van der Waals surface area contributed by atoms with E-state index in [1.807, 2.05) is 12.4 Å². The summed E-state index contributed by atoms with van der Waals surface area (Å²) in [5.74, 6) is 0. The van der Waals surface area contributed by atoms with Crippen LogP contribution in [0.3, 0.4) is 0 Å². The zero-order valence-electron chi connectivity index (χ0n) is 12.7. The zero-order valence-corrected chi connectivity index (χ0v) is 12.7. The SMILES string of the molecule is Cc1cc(N2CCCC2)c2ccc(-c3cncnc3)cc2n1. The lowest BCUT2D eigenvalue weighted by atomic mass is 10.0. The summed E-state index contributed by atoms with van der Waals surface area (Å²) in [6, 6.07) is 8.66. The van der Waals surface area contributed by atoms with Gasteiger partial charge in [0.25, 0.3) is 0 Å². The van der Waals surface area contributed by atoms with Crippen LogP contribution >= 0.6 is 0 Å². The predicted molar refractivity (Wildman–Crippen MR) is 89.0 cm³/mol. The molecule has 1 aliphatic heterocycles. The van der Waals surface area contributed by atoms with Crippen LogP contribution in [0.4, 0.5) is 5.69 Å². The molecule has 4 nitrogen and oxygen atoms in total. The van der Waals surface area contributed by atoms with Crippen molar-refractivity contribution in [3.05, 3.63) is 48.7 Å². The molecule has 0 saturated carbocycles. The first-order chi connectivity index (χ1) is 10.8. The molecule has 3 heterocycles. The van der Waals surface area contributed by atoms with Crippen LogP contribution in [0.2, 0.25) is 0 Å². The van der Waals surface area contributed by atoms with Crippen molar-refractivity contribution in [2.75, 3.05) is 18.0 Å². The van der Waals surface area contributed by atoms with E-state index in [1.165, 1.54) is 23.9 Å². The summed E-state index contributed by atoms with van der Waals surface area (Å²) in [5, 5.41) is 1.23. The molecule has 0 N–H and O–H groups in total. The van der Waals surface area contributed by atoms with Gasteiger partial charge in [-0.2, -0.15) is 0 Å². The number of aromatic nitrogens is 3. The normalized spacial score (nSPS) is 14.7. The van der Waals surface area contributed by atoms with E-state index in [-0.39, 0.29) is 0 Å². The van der Waals surface area contributed by atoms with Gasteiger partial charge in [-0.15, -0.1) is 0 Å². The number of anilines is 1. The van der Waals surface area contributed by atoms with Crippen LogP contribution in [-0.2, 0) is 0 Å². The van der Waals surface area contributed by atoms with Gasteiger partial charge in [-0.1, -0.05) is 12.1 Å². The van der Waals surface area contributed by atoms with Crippen LogP contribution in [0, 0.1) is 6.92 Å². The maximum atomic E-state index is 4.73. The third kappa shape index (κ3) is 2.30. The van der Waals surface area contributed by atoms with E-state index in [9.17, 15) is 0 Å². The molecule has 4 rings (SSSR count). The number of nitrogens with zero attached hydrogens (tertiary/aromatic N) is 4. The van der Waals surface area contributed by atoms with Gasteiger partial charge in [0.1, 0.15) is 6.33 Å². The second kappa shape index (κ2) is 5.37. The van der Waals surface area contributed by atoms with Gasteiger partial charge in [-0.3, -0.25) is 4.98 Å². The van der Waals surface area contributed by atoms with E-state index >= 15 is 0 Å². The Morgan fingerprint density at radius 3 is 2.50 bits per heavy atom. The van der Waals surface area contributed by atoms with Crippen LogP contribution < -0.4 is 4.90 Å². The minimum Gasteiger partial charge on any atom is -0.371 e. The molecule has 4 heteroatoms. The van der Waals surface area contributed by atoms with Crippen LogP contribution in [0.15, 0.2) is 43.0 Å². The van der Waals surface area contributed by atoms with Crippen LogP contribution in [0.5, 0.6) is 0 Å². The van der Waals surface area contributed by atoms with Crippen molar-refractivity contribution >= 4 is 16.6 Å². The fraction of sp³-hybridized carbons (Fsp3) is 0.278. The maximum absolute atomic E-state index is 4.73. The average molecular weight is 290 g/mol. The molecule has 0 aliphatic carbocycles. The number of rotatable bonds is 2. The lowest BCUT2D eigenvalue weighted by Gasteiger charge is -2.20. The van der Waals surface area contributed by atoms with E-state index in [1.54, 1.807) is 6.33 Å². The average Bonchev–Trinajstić information content (AvgIpc) is 3.08. The minimum absolute atomic E-state index is 1.02. The van der Waals surface area contributed by atoms with E-state index in [4.69, 9.17) is 4.98 Å². The molecule has 0 amide bonds. The number of aryl methyl sites for hydroxylation is 1. The third-order valence-corrected chi connectivity index (χ3v) is 4.26. The van der Waals surface area contributed by atoms with Crippen LogP contribution in [0.25, 0.3) is 22.0 Å². The molecule has 110 valence electrons. The largest absolute Gasteiger partial charge is 0.371 e. The molecule has 0 spiro atoms. The summed E-state index contributed by atoms with van der Waals surface area (Å²) in [6.07, 6.45) is 7.79. The topological polar surface area (TPSA) is 41.9 Å². The molecule has 1 aromatic carbocycles. The predicted octanol–water partition coefficient (Wildman–Crippen LogP) is 3.60. The smallest absolute Gasteiger partial charge is 0.115 e. The second-order valence-electron chi connectivity index (χ2n) is 5.84. The van der Waals surface area contributed by atoms with Crippen molar-refractivity contribution in [2.24, 2.45) is 0 Å². The molecule has 1 aliphatic rings. The fourth-order valence-electron chi connectivity index (χ4n) is 3.19. The van der Waals surface area contributed by atoms with E-state index in [0.29, 0.717) is 0 Å². The van der Waals surface area contributed by atoms with Gasteiger partial charge in [-0.25, -0.2) is 9.97 Å². The van der Waals surface area contributed by atoms with Gasteiger partial charge in [0, 0.05) is 47.8 Å². The third-order valence-electron chi connectivity index (χ3n) is 4.26. The monoisotopic (exact) mass is 290 g/mol. The zero-order chi connectivity index (χ0) is 14.9. The molecule has 0 bridgehead atoms. The van der Waals surface area contributed by atoms with Crippen molar-refractivity contribution in [3.63, 3.8) is 0 Å². The molecule has 0 radical (unpaired) electrons. The highest BCUT2D eigenvalue weighted by atomic mass is 15.1. The van der Waals surface area contributed by atoms with Crippen LogP contribution in [-0.4, -0.2) is 28.0 Å². The van der Waals surface area contributed by atoms with Crippen molar-refractivity contribution in [2.45, 2.75) is 19.8 Å². The van der Waals surface area contributed by atoms with Gasteiger partial charge < -0.3 is 4.90 Å². The molecule has 2 aromatic heterocycles. The Balaban J connectivity index is 1.86. The van der Waals surface area contributed by atoms with E-state index < -0.39 is 0 Å². The quantitative estimate of drug-likeness (QED) is 0.723. The number of fused-ring (bicyclic) bond motifs is 1. The highest BCUT2D eigenvalue weighted by molar-refractivity contribution is 5.94. The number of pyridine rings is 1. The van der Waals surface area contributed by atoms with E-state index in [0.717, 1.165) is 35.4 Å². The van der Waals surface area contributed by atoms with Crippen molar-refractivity contribution in [1.29, 1.82) is 0 Å². The van der Waals surface area contributed by atoms with Gasteiger partial charge >= 0.3 is 0 Å². The first-order valence-electron chi connectivity index (χ1n) is 7.73. The second-order valence-corrected chi connectivity index (χ2v) is 5.84. The summed E-state index contributed by atoms with van der Waals surface area (Å²) in [6.45, 7) is 4.36. The van der Waals surface area contributed by atoms with Crippen molar-refractivity contribution in [1.82, 2.24) is 15.0 Å². The Kier molecular flexibility index (Phi) is 3.22. The molecular formula is C18H18N4. The summed E-state index contributed by atoms with van der Waals surface area (Å²) in [5.41, 5.74) is 5.56. The lowest BCUT2D eigenvalue weighted by molar-refractivity contribution is 0.949. The molecule has 3 aromatic rings. The van der Waals surface area contributed by atoms with Gasteiger partial charge in [0.05, 0.1) is 5.52 Å². The summed E-state index contributed by atoms with van der Waals surface area (Å²) in [7, 11) is 0. The minimum atomic E-state index is 1.02. The Bertz CT molecular complexity index is 808. The van der Waals surface area contributed by atoms with Crippen molar-refractivity contribution < 1.29 is 0 Å². The van der Waals surface area contributed by atoms with Crippen LogP contribution in [0.1, 0.15) is 18.5 Å². The lowest BCUT2D eigenvalue weighted by Crippen LogP contribution is -2.18. The highest BCUT2D eigenvalue weighted by Gasteiger charge is 2.16. The Labute approximate surface area is 129 Å². The number of benzene rings is 1. The molecule has 1 fully saturated rings. The maximum Gasteiger partial charge on any atom is 0.115 e. The molecule has 0 unspecified atom stereocenters. The fourth-order valence-corrected chi connectivity index (χ4v) is 3.19. The highest BCUT2D eigenvalue weighted by Crippen LogP contribution is 2.31. The Hall–Kier alpha value is -2.49. The van der Waals surface area contributed by atoms with Gasteiger partial charge in [0.2, 0.25) is 0 Å². The summed E-state index contributed by atoms with van der Waals surface area (Å²) in [4.78, 5) is 15.4. The number of hydrogen-bond acceptors (Lipinski definition) is 4. The Morgan fingerprint density at radius 2 is 1.73 bits per heavy atom. The molecule has 1 saturated heterocycles. The van der Waals surface area contributed by atoms with Gasteiger partial charge in [0.15, 0.2) is 0 Å². The molecular weight excluding hydrogens is 272 g/mol. The number of hydrogen-bond donors (Lipinski definition) is 0. The first kappa shape index (κ1) is 13.2. The molecule has 0 atom stereocenters.